The Hall–Kier alpha value is -1.13. The molecule has 0 aliphatic rings. The number of aliphatic hydroxyl groups is 1. The zero-order valence-electron chi connectivity index (χ0n) is 7.98. The van der Waals surface area contributed by atoms with Crippen LogP contribution < -0.4 is 0 Å². The third kappa shape index (κ3) is 1.82. The maximum atomic E-state index is 10.8. The van der Waals surface area contributed by atoms with Crippen molar-refractivity contribution in [2.75, 3.05) is 6.61 Å². The Morgan fingerprint density at radius 3 is 2.93 bits per heavy atom. The van der Waals surface area contributed by atoms with Gasteiger partial charge in [-0.25, -0.2) is 0 Å². The maximum Gasteiger partial charge on any atom is 0.152 e. The Balaban J connectivity index is 2.69. The van der Waals surface area contributed by atoms with E-state index in [9.17, 15) is 4.79 Å². The van der Waals surface area contributed by atoms with Crippen LogP contribution >= 0.6 is 15.9 Å². The molecule has 4 heteroatoms. The largest absolute Gasteiger partial charge is 0.395 e. The monoisotopic (exact) mass is 267 g/mol. The van der Waals surface area contributed by atoms with E-state index in [2.05, 4.69) is 15.9 Å². The number of aromatic nitrogens is 1. The summed E-state index contributed by atoms with van der Waals surface area (Å²) in [6.07, 6.45) is 2.60. The summed E-state index contributed by atoms with van der Waals surface area (Å²) >= 11 is 3.38. The third-order valence-corrected chi connectivity index (χ3v) is 2.84. The van der Waals surface area contributed by atoms with E-state index in [4.69, 9.17) is 5.11 Å². The van der Waals surface area contributed by atoms with E-state index < -0.39 is 0 Å². The molecular formula is C11H10BrNO2. The predicted molar refractivity (Wildman–Crippen MR) is 62.1 cm³/mol. The Kier molecular flexibility index (Phi) is 2.88. The van der Waals surface area contributed by atoms with Gasteiger partial charge < -0.3 is 9.67 Å². The molecule has 1 heterocycles. The lowest BCUT2D eigenvalue weighted by atomic mass is 10.2. The summed E-state index contributed by atoms with van der Waals surface area (Å²) in [6.45, 7) is 0.565. The first-order valence-corrected chi connectivity index (χ1v) is 5.40. The molecule has 0 fully saturated rings. The number of rotatable bonds is 3. The molecule has 2 aromatic rings. The summed E-state index contributed by atoms with van der Waals surface area (Å²) in [5, 5.41) is 9.83. The second-order valence-corrected chi connectivity index (χ2v) is 4.20. The molecule has 1 aromatic carbocycles. The fraction of sp³-hybridized carbons (Fsp3) is 0.182. The summed E-state index contributed by atoms with van der Waals surface area (Å²) in [4.78, 5) is 10.8. The number of carbonyl (C=O) groups is 1. The van der Waals surface area contributed by atoms with Crippen molar-refractivity contribution in [1.29, 1.82) is 0 Å². The van der Waals surface area contributed by atoms with Gasteiger partial charge in [-0.2, -0.15) is 0 Å². The second kappa shape index (κ2) is 4.16. The molecule has 15 heavy (non-hydrogen) atoms. The van der Waals surface area contributed by atoms with E-state index in [1.54, 1.807) is 6.20 Å². The summed E-state index contributed by atoms with van der Waals surface area (Å²) in [5.41, 5.74) is 1.62. The quantitative estimate of drug-likeness (QED) is 0.867. The SMILES string of the molecule is O=Cc1cn(CCO)c2cc(Br)ccc12. The molecule has 0 radical (unpaired) electrons. The molecule has 1 N–H and O–H groups in total. The highest BCUT2D eigenvalue weighted by Gasteiger charge is 2.07. The van der Waals surface area contributed by atoms with E-state index >= 15 is 0 Å². The Labute approximate surface area is 95.5 Å². The topological polar surface area (TPSA) is 42.2 Å². The molecular weight excluding hydrogens is 258 g/mol. The minimum absolute atomic E-state index is 0.0641. The van der Waals surface area contributed by atoms with Gasteiger partial charge in [0.05, 0.1) is 6.61 Å². The van der Waals surface area contributed by atoms with Gasteiger partial charge in [0.1, 0.15) is 0 Å². The fourth-order valence-corrected chi connectivity index (χ4v) is 2.03. The van der Waals surface area contributed by atoms with E-state index in [-0.39, 0.29) is 6.61 Å². The first-order valence-electron chi connectivity index (χ1n) is 4.60. The number of fused-ring (bicyclic) bond motifs is 1. The van der Waals surface area contributed by atoms with Crippen molar-refractivity contribution < 1.29 is 9.90 Å². The molecule has 0 saturated heterocycles. The molecule has 0 spiro atoms. The van der Waals surface area contributed by atoms with Gasteiger partial charge in [-0.1, -0.05) is 22.0 Å². The molecule has 3 nitrogen and oxygen atoms in total. The van der Waals surface area contributed by atoms with E-state index in [0.29, 0.717) is 12.1 Å². The number of hydrogen-bond donors (Lipinski definition) is 1. The molecule has 0 bridgehead atoms. The van der Waals surface area contributed by atoms with Gasteiger partial charge in [-0.05, 0) is 12.1 Å². The average molecular weight is 268 g/mol. The van der Waals surface area contributed by atoms with Crippen LogP contribution in [0.4, 0.5) is 0 Å². The van der Waals surface area contributed by atoms with Gasteiger partial charge in [-0.3, -0.25) is 4.79 Å². The summed E-state index contributed by atoms with van der Waals surface area (Å²) in [6, 6.07) is 5.74. The number of halogens is 1. The lowest BCUT2D eigenvalue weighted by molar-refractivity contribution is 0.112. The van der Waals surface area contributed by atoms with Gasteiger partial charge in [0.25, 0.3) is 0 Å². The molecule has 0 atom stereocenters. The predicted octanol–water partition coefficient (Wildman–Crippen LogP) is 2.21. The van der Waals surface area contributed by atoms with Crippen LogP contribution in [0.1, 0.15) is 10.4 Å². The van der Waals surface area contributed by atoms with Crippen LogP contribution in [0.3, 0.4) is 0 Å². The lowest BCUT2D eigenvalue weighted by Crippen LogP contribution is -1.99. The molecule has 0 aliphatic carbocycles. The highest BCUT2D eigenvalue weighted by atomic mass is 79.9. The number of aliphatic hydroxyl groups excluding tert-OH is 1. The fourth-order valence-electron chi connectivity index (χ4n) is 1.68. The molecule has 0 saturated carbocycles. The summed E-state index contributed by atoms with van der Waals surface area (Å²) < 4.78 is 2.84. The zero-order valence-corrected chi connectivity index (χ0v) is 9.57. The zero-order chi connectivity index (χ0) is 10.8. The highest BCUT2D eigenvalue weighted by Crippen LogP contribution is 2.23. The van der Waals surface area contributed by atoms with Crippen molar-refractivity contribution >= 4 is 33.1 Å². The molecule has 0 amide bonds. The number of nitrogens with zero attached hydrogens (tertiary/aromatic N) is 1. The van der Waals surface area contributed by atoms with E-state index in [0.717, 1.165) is 21.7 Å². The van der Waals surface area contributed by atoms with Crippen LogP contribution in [-0.2, 0) is 6.54 Å². The number of hydrogen-bond acceptors (Lipinski definition) is 2. The van der Waals surface area contributed by atoms with Crippen molar-refractivity contribution in [3.05, 3.63) is 34.4 Å². The highest BCUT2D eigenvalue weighted by molar-refractivity contribution is 9.10. The van der Waals surface area contributed by atoms with Gasteiger partial charge >= 0.3 is 0 Å². The van der Waals surface area contributed by atoms with Gasteiger partial charge in [0, 0.05) is 33.7 Å². The maximum absolute atomic E-state index is 10.8. The number of carbonyl (C=O) groups excluding carboxylic acids is 1. The van der Waals surface area contributed by atoms with E-state index in [1.807, 2.05) is 22.8 Å². The van der Waals surface area contributed by atoms with Crippen molar-refractivity contribution in [1.82, 2.24) is 4.57 Å². The normalized spacial score (nSPS) is 10.8. The minimum Gasteiger partial charge on any atom is -0.395 e. The third-order valence-electron chi connectivity index (χ3n) is 2.34. The second-order valence-electron chi connectivity index (χ2n) is 3.28. The Morgan fingerprint density at radius 2 is 2.27 bits per heavy atom. The van der Waals surface area contributed by atoms with Crippen LogP contribution in [0.5, 0.6) is 0 Å². The van der Waals surface area contributed by atoms with Crippen molar-refractivity contribution in [2.24, 2.45) is 0 Å². The smallest absolute Gasteiger partial charge is 0.152 e. The van der Waals surface area contributed by atoms with Crippen molar-refractivity contribution in [3.8, 4) is 0 Å². The average Bonchev–Trinajstić information content (AvgIpc) is 2.57. The first kappa shape index (κ1) is 10.4. The molecule has 78 valence electrons. The van der Waals surface area contributed by atoms with Crippen LogP contribution in [0.15, 0.2) is 28.9 Å². The Morgan fingerprint density at radius 1 is 1.47 bits per heavy atom. The van der Waals surface area contributed by atoms with Gasteiger partial charge in [-0.15, -0.1) is 0 Å². The number of benzene rings is 1. The van der Waals surface area contributed by atoms with Crippen LogP contribution in [0.25, 0.3) is 10.9 Å². The van der Waals surface area contributed by atoms with Crippen LogP contribution in [-0.4, -0.2) is 22.6 Å². The molecule has 0 unspecified atom stereocenters. The van der Waals surface area contributed by atoms with Crippen LogP contribution in [0, 0.1) is 0 Å². The first-order chi connectivity index (χ1) is 7.26. The van der Waals surface area contributed by atoms with Crippen LogP contribution in [0.2, 0.25) is 0 Å². The molecule has 1 aromatic heterocycles. The minimum atomic E-state index is 0.0641. The molecule has 2 rings (SSSR count). The van der Waals surface area contributed by atoms with Crippen molar-refractivity contribution in [3.63, 3.8) is 0 Å². The van der Waals surface area contributed by atoms with Gasteiger partial charge in [0.2, 0.25) is 0 Å². The summed E-state index contributed by atoms with van der Waals surface area (Å²) in [7, 11) is 0. The molecule has 0 aliphatic heterocycles. The summed E-state index contributed by atoms with van der Waals surface area (Å²) in [5.74, 6) is 0. The number of aldehydes is 1. The standard InChI is InChI=1S/C11H10BrNO2/c12-9-1-2-10-8(7-15)6-13(3-4-14)11(10)5-9/h1-2,5-7,14H,3-4H2. The van der Waals surface area contributed by atoms with Crippen molar-refractivity contribution in [2.45, 2.75) is 6.54 Å². The van der Waals surface area contributed by atoms with E-state index in [1.165, 1.54) is 0 Å². The Bertz CT molecular complexity index is 505. The van der Waals surface area contributed by atoms with Gasteiger partial charge in [0.15, 0.2) is 6.29 Å². The lowest BCUT2D eigenvalue weighted by Gasteiger charge is -2.01.